The minimum atomic E-state index is -1.21. The number of aliphatic carboxylic acids is 1. The van der Waals surface area contributed by atoms with E-state index >= 15 is 0 Å². The molecule has 1 rings (SSSR count). The summed E-state index contributed by atoms with van der Waals surface area (Å²) in [6, 6.07) is 4.30. The van der Waals surface area contributed by atoms with E-state index in [9.17, 15) is 14.0 Å². The molecule has 0 radical (unpaired) electrons. The summed E-state index contributed by atoms with van der Waals surface area (Å²) in [5.74, 6) is -3.45. The Kier molecular flexibility index (Phi) is 4.20. The minimum absolute atomic E-state index is 0.262. The molecule has 17 heavy (non-hydrogen) atoms. The third-order valence-electron chi connectivity index (χ3n) is 2.47. The van der Waals surface area contributed by atoms with Crippen molar-refractivity contribution in [2.24, 2.45) is 5.92 Å². The molecule has 0 saturated carbocycles. The van der Waals surface area contributed by atoms with Crippen LogP contribution in [0.2, 0.25) is 0 Å². The van der Waals surface area contributed by atoms with E-state index in [2.05, 4.69) is 5.32 Å². The van der Waals surface area contributed by atoms with Gasteiger partial charge in [-0.2, -0.15) is 0 Å². The summed E-state index contributed by atoms with van der Waals surface area (Å²) in [7, 11) is 0. The van der Waals surface area contributed by atoms with Gasteiger partial charge in [0.1, 0.15) is 11.7 Å². The number of nitrogens with one attached hydrogen (secondary N) is 1. The predicted molar refractivity (Wildman–Crippen MR) is 61.2 cm³/mol. The lowest BCUT2D eigenvalue weighted by Gasteiger charge is -2.09. The number of carboxylic acid groups (broad SMARTS) is 1. The number of carboxylic acids is 1. The van der Waals surface area contributed by atoms with Gasteiger partial charge in [0.15, 0.2) is 0 Å². The van der Waals surface area contributed by atoms with Crippen LogP contribution in [0, 0.1) is 11.7 Å². The number of hydrogen-bond donors (Lipinski definition) is 2. The molecule has 5 heteroatoms. The Morgan fingerprint density at radius 3 is 2.59 bits per heavy atom. The molecule has 2 N–H and O–H groups in total. The second-order valence-electron chi connectivity index (χ2n) is 3.71. The van der Waals surface area contributed by atoms with Gasteiger partial charge in [0.2, 0.25) is 5.91 Å². The Morgan fingerprint density at radius 1 is 1.47 bits per heavy atom. The average molecular weight is 239 g/mol. The number of amides is 1. The van der Waals surface area contributed by atoms with Crippen LogP contribution in [0.25, 0.3) is 0 Å². The smallest absolute Gasteiger partial charge is 0.315 e. The zero-order valence-electron chi connectivity index (χ0n) is 9.66. The van der Waals surface area contributed by atoms with Crippen LogP contribution in [0.1, 0.15) is 19.4 Å². The van der Waals surface area contributed by atoms with Gasteiger partial charge in [-0.25, -0.2) is 4.39 Å². The second-order valence-corrected chi connectivity index (χ2v) is 3.71. The lowest BCUT2D eigenvalue weighted by molar-refractivity contribution is -0.144. The summed E-state index contributed by atoms with van der Waals surface area (Å²) in [4.78, 5) is 22.0. The lowest BCUT2D eigenvalue weighted by Crippen LogP contribution is -2.26. The average Bonchev–Trinajstić information content (AvgIpc) is 2.28. The van der Waals surface area contributed by atoms with Gasteiger partial charge in [0, 0.05) is 5.69 Å². The first kappa shape index (κ1) is 13.2. The van der Waals surface area contributed by atoms with Crippen molar-refractivity contribution in [3.63, 3.8) is 0 Å². The zero-order valence-corrected chi connectivity index (χ0v) is 9.66. The van der Waals surface area contributed by atoms with Crippen molar-refractivity contribution in [2.45, 2.75) is 20.3 Å². The van der Waals surface area contributed by atoms with Crippen LogP contribution in [0.15, 0.2) is 18.2 Å². The topological polar surface area (TPSA) is 66.4 Å². The summed E-state index contributed by atoms with van der Waals surface area (Å²) in [6.07, 6.45) is 0.561. The van der Waals surface area contributed by atoms with Crippen molar-refractivity contribution >= 4 is 17.6 Å². The van der Waals surface area contributed by atoms with Crippen LogP contribution in [-0.4, -0.2) is 17.0 Å². The van der Waals surface area contributed by atoms with Crippen molar-refractivity contribution in [1.82, 2.24) is 0 Å². The maximum Gasteiger partial charge on any atom is 0.315 e. The summed E-state index contributed by atoms with van der Waals surface area (Å²) < 4.78 is 13.4. The van der Waals surface area contributed by atoms with E-state index in [0.717, 1.165) is 0 Å². The number of anilines is 1. The first-order valence-corrected chi connectivity index (χ1v) is 5.27. The molecule has 1 amide bonds. The quantitative estimate of drug-likeness (QED) is 0.790. The van der Waals surface area contributed by atoms with Gasteiger partial charge >= 0.3 is 5.97 Å². The molecule has 0 heterocycles. The molecule has 0 aliphatic rings. The molecule has 1 unspecified atom stereocenters. The first-order valence-electron chi connectivity index (χ1n) is 5.27. The van der Waals surface area contributed by atoms with Gasteiger partial charge in [0.25, 0.3) is 0 Å². The Hall–Kier alpha value is -1.91. The van der Waals surface area contributed by atoms with Gasteiger partial charge < -0.3 is 10.4 Å². The normalized spacial score (nSPS) is 11.9. The van der Waals surface area contributed by atoms with E-state index in [1.54, 1.807) is 12.1 Å². The Labute approximate surface area is 98.5 Å². The van der Waals surface area contributed by atoms with E-state index in [1.165, 1.54) is 13.0 Å². The van der Waals surface area contributed by atoms with Crippen molar-refractivity contribution in [3.8, 4) is 0 Å². The molecule has 0 saturated heterocycles. The molecule has 0 aromatic heterocycles. The van der Waals surface area contributed by atoms with Crippen molar-refractivity contribution in [1.29, 1.82) is 0 Å². The molecule has 1 aromatic rings. The molecule has 0 aliphatic carbocycles. The molecule has 1 aromatic carbocycles. The van der Waals surface area contributed by atoms with Crippen LogP contribution in [-0.2, 0) is 16.0 Å². The molecular weight excluding hydrogens is 225 g/mol. The Bertz CT molecular complexity index is 445. The van der Waals surface area contributed by atoms with E-state index < -0.39 is 23.6 Å². The lowest BCUT2D eigenvalue weighted by atomic mass is 10.1. The van der Waals surface area contributed by atoms with Gasteiger partial charge in [-0.3, -0.25) is 9.59 Å². The standard InChI is InChI=1S/C12H14FNO3/c1-3-8-4-5-9(6-10(8)13)14-11(15)7(2)12(16)17/h4-7H,3H2,1-2H3,(H,14,15)(H,16,17). The zero-order chi connectivity index (χ0) is 13.0. The predicted octanol–water partition coefficient (Wildman–Crippen LogP) is 2.05. The number of carbonyl (C=O) groups is 2. The number of halogens is 1. The highest BCUT2D eigenvalue weighted by Gasteiger charge is 2.20. The summed E-state index contributed by atoms with van der Waals surface area (Å²) in [5.41, 5.74) is 0.812. The molecule has 0 bridgehead atoms. The molecule has 4 nitrogen and oxygen atoms in total. The van der Waals surface area contributed by atoms with Gasteiger partial charge in [0.05, 0.1) is 0 Å². The fourth-order valence-corrected chi connectivity index (χ4v) is 1.27. The highest BCUT2D eigenvalue weighted by atomic mass is 19.1. The highest BCUT2D eigenvalue weighted by Crippen LogP contribution is 2.15. The maximum absolute atomic E-state index is 13.4. The van der Waals surface area contributed by atoms with Crippen LogP contribution in [0.5, 0.6) is 0 Å². The van der Waals surface area contributed by atoms with Crippen molar-refractivity contribution in [3.05, 3.63) is 29.6 Å². The molecule has 1 atom stereocenters. The molecule has 0 aliphatic heterocycles. The fraction of sp³-hybridized carbons (Fsp3) is 0.333. The highest BCUT2D eigenvalue weighted by molar-refractivity contribution is 6.03. The third kappa shape index (κ3) is 3.27. The Balaban J connectivity index is 2.79. The van der Waals surface area contributed by atoms with Crippen molar-refractivity contribution < 1.29 is 19.1 Å². The van der Waals surface area contributed by atoms with Gasteiger partial charge in [-0.05, 0) is 31.0 Å². The van der Waals surface area contributed by atoms with E-state index in [-0.39, 0.29) is 5.69 Å². The molecule has 0 fully saturated rings. The monoisotopic (exact) mass is 239 g/mol. The second kappa shape index (κ2) is 5.43. The maximum atomic E-state index is 13.4. The minimum Gasteiger partial charge on any atom is -0.481 e. The summed E-state index contributed by atoms with van der Waals surface area (Å²) in [6.45, 7) is 3.09. The molecular formula is C12H14FNO3. The van der Waals surface area contributed by atoms with Crippen molar-refractivity contribution in [2.75, 3.05) is 5.32 Å². The number of aryl methyl sites for hydroxylation is 1. The summed E-state index contributed by atoms with van der Waals surface area (Å²) >= 11 is 0. The SMILES string of the molecule is CCc1ccc(NC(=O)C(C)C(=O)O)cc1F. The van der Waals surface area contributed by atoms with Crippen LogP contribution >= 0.6 is 0 Å². The van der Waals surface area contributed by atoms with E-state index in [4.69, 9.17) is 5.11 Å². The van der Waals surface area contributed by atoms with E-state index in [0.29, 0.717) is 12.0 Å². The number of rotatable bonds is 4. The molecule has 0 spiro atoms. The van der Waals surface area contributed by atoms with Gasteiger partial charge in [-0.1, -0.05) is 13.0 Å². The van der Waals surface area contributed by atoms with Gasteiger partial charge in [-0.15, -0.1) is 0 Å². The number of benzene rings is 1. The first-order chi connectivity index (χ1) is 7.95. The summed E-state index contributed by atoms with van der Waals surface area (Å²) in [5, 5.41) is 11.0. The fourth-order valence-electron chi connectivity index (χ4n) is 1.27. The number of hydrogen-bond acceptors (Lipinski definition) is 2. The third-order valence-corrected chi connectivity index (χ3v) is 2.47. The van der Waals surface area contributed by atoms with Crippen LogP contribution < -0.4 is 5.32 Å². The molecule has 92 valence electrons. The van der Waals surface area contributed by atoms with Crippen LogP contribution in [0.4, 0.5) is 10.1 Å². The Morgan fingerprint density at radius 2 is 2.12 bits per heavy atom. The number of carbonyl (C=O) groups excluding carboxylic acids is 1. The van der Waals surface area contributed by atoms with Crippen LogP contribution in [0.3, 0.4) is 0 Å². The largest absolute Gasteiger partial charge is 0.481 e. The van der Waals surface area contributed by atoms with E-state index in [1.807, 2.05) is 6.92 Å².